The number of nitrogens with zero attached hydrogens (tertiary/aromatic N) is 1. The molecule has 0 bridgehead atoms. The van der Waals surface area contributed by atoms with Gasteiger partial charge in [-0.1, -0.05) is 12.1 Å². The summed E-state index contributed by atoms with van der Waals surface area (Å²) in [4.78, 5) is 12.0. The van der Waals surface area contributed by atoms with E-state index in [1.54, 1.807) is 20.0 Å². The highest BCUT2D eigenvalue weighted by Crippen LogP contribution is 2.26. The van der Waals surface area contributed by atoms with Gasteiger partial charge in [-0.2, -0.15) is 4.31 Å². The van der Waals surface area contributed by atoms with E-state index in [2.05, 4.69) is 5.32 Å². The summed E-state index contributed by atoms with van der Waals surface area (Å²) in [6.07, 6.45) is 0.573. The molecule has 2 rings (SSSR count). The van der Waals surface area contributed by atoms with Crippen molar-refractivity contribution in [1.29, 1.82) is 0 Å². The van der Waals surface area contributed by atoms with Crippen LogP contribution in [0, 0.1) is 19.8 Å². The van der Waals surface area contributed by atoms with Gasteiger partial charge in [-0.25, -0.2) is 8.42 Å². The molecule has 1 fully saturated rings. The highest BCUT2D eigenvalue weighted by molar-refractivity contribution is 7.89. The Kier molecular flexibility index (Phi) is 4.15. The Balaban J connectivity index is 2.28. The van der Waals surface area contributed by atoms with Crippen molar-refractivity contribution in [1.82, 2.24) is 9.62 Å². The Labute approximate surface area is 120 Å². The van der Waals surface area contributed by atoms with E-state index >= 15 is 0 Å². The molecular weight excluding hydrogens is 276 g/mol. The molecule has 1 heterocycles. The van der Waals surface area contributed by atoms with E-state index < -0.39 is 10.0 Å². The van der Waals surface area contributed by atoms with Crippen molar-refractivity contribution in [3.8, 4) is 0 Å². The van der Waals surface area contributed by atoms with Crippen LogP contribution in [0.5, 0.6) is 0 Å². The van der Waals surface area contributed by atoms with E-state index in [0.29, 0.717) is 17.9 Å². The highest BCUT2D eigenvalue weighted by Gasteiger charge is 2.36. The van der Waals surface area contributed by atoms with Crippen LogP contribution in [0.1, 0.15) is 17.5 Å². The summed E-state index contributed by atoms with van der Waals surface area (Å²) in [6, 6.07) is 5.40. The van der Waals surface area contributed by atoms with Crippen LogP contribution in [-0.2, 0) is 14.8 Å². The molecule has 1 atom stereocenters. The lowest BCUT2D eigenvalue weighted by Gasteiger charge is -2.18. The lowest BCUT2D eigenvalue weighted by atomic mass is 10.1. The molecule has 1 saturated heterocycles. The van der Waals surface area contributed by atoms with Gasteiger partial charge >= 0.3 is 0 Å². The maximum absolute atomic E-state index is 12.7. The molecular formula is C14H20N2O3S. The number of nitrogens with one attached hydrogen (secondary N) is 1. The number of carbonyl (C=O) groups is 1. The molecule has 0 aromatic heterocycles. The first-order chi connectivity index (χ1) is 9.36. The van der Waals surface area contributed by atoms with Gasteiger partial charge in [-0.3, -0.25) is 4.79 Å². The molecule has 1 N–H and O–H groups in total. The molecule has 0 aliphatic carbocycles. The highest BCUT2D eigenvalue weighted by atomic mass is 32.2. The van der Waals surface area contributed by atoms with Crippen LogP contribution < -0.4 is 5.32 Å². The summed E-state index contributed by atoms with van der Waals surface area (Å²) in [5, 5.41) is 2.58. The van der Waals surface area contributed by atoms with Crippen molar-refractivity contribution in [3.63, 3.8) is 0 Å². The summed E-state index contributed by atoms with van der Waals surface area (Å²) in [7, 11) is -1.94. The summed E-state index contributed by atoms with van der Waals surface area (Å²) in [6.45, 7) is 4.32. The fraction of sp³-hybridized carbons (Fsp3) is 0.500. The third kappa shape index (κ3) is 2.71. The molecule has 0 radical (unpaired) electrons. The quantitative estimate of drug-likeness (QED) is 0.907. The van der Waals surface area contributed by atoms with Crippen LogP contribution >= 0.6 is 0 Å². The molecule has 6 heteroatoms. The number of hydrogen-bond donors (Lipinski definition) is 1. The van der Waals surface area contributed by atoms with E-state index in [0.717, 1.165) is 11.1 Å². The van der Waals surface area contributed by atoms with E-state index in [4.69, 9.17) is 0 Å². The monoisotopic (exact) mass is 296 g/mol. The number of aryl methyl sites for hydroxylation is 2. The second-order valence-electron chi connectivity index (χ2n) is 5.23. The molecule has 20 heavy (non-hydrogen) atoms. The Morgan fingerprint density at radius 1 is 1.35 bits per heavy atom. The van der Waals surface area contributed by atoms with E-state index in [-0.39, 0.29) is 18.4 Å². The van der Waals surface area contributed by atoms with Gasteiger partial charge in [0.15, 0.2) is 0 Å². The van der Waals surface area contributed by atoms with E-state index in [1.165, 1.54) is 4.31 Å². The number of sulfonamides is 1. The SMILES string of the molecule is CNC(=O)C1CCN(S(=O)(=O)c2cc(C)ccc2C)C1. The van der Waals surface area contributed by atoms with Crippen LogP contribution in [0.2, 0.25) is 0 Å². The number of amides is 1. The Bertz CT molecular complexity index is 625. The molecule has 1 aromatic carbocycles. The Hall–Kier alpha value is -1.40. The van der Waals surface area contributed by atoms with Crippen LogP contribution in [0.4, 0.5) is 0 Å². The zero-order valence-corrected chi connectivity index (χ0v) is 12.8. The molecule has 1 aliphatic rings. The molecule has 1 aromatic rings. The lowest BCUT2D eigenvalue weighted by molar-refractivity contribution is -0.123. The molecule has 0 spiro atoms. The van der Waals surface area contributed by atoms with E-state index in [9.17, 15) is 13.2 Å². The van der Waals surface area contributed by atoms with Gasteiger partial charge < -0.3 is 5.32 Å². The van der Waals surface area contributed by atoms with Crippen molar-refractivity contribution in [2.45, 2.75) is 25.2 Å². The largest absolute Gasteiger partial charge is 0.359 e. The van der Waals surface area contributed by atoms with Crippen LogP contribution in [-0.4, -0.2) is 38.8 Å². The number of hydrogen-bond acceptors (Lipinski definition) is 3. The first-order valence-corrected chi connectivity index (χ1v) is 8.09. The van der Waals surface area contributed by atoms with Crippen LogP contribution in [0.15, 0.2) is 23.1 Å². The predicted octanol–water partition coefficient (Wildman–Crippen LogP) is 1.06. The average molecular weight is 296 g/mol. The van der Waals surface area contributed by atoms with Gasteiger partial charge in [-0.15, -0.1) is 0 Å². The van der Waals surface area contributed by atoms with Crippen molar-refractivity contribution in [2.75, 3.05) is 20.1 Å². The molecule has 1 amide bonds. The third-order valence-corrected chi connectivity index (χ3v) is 5.74. The molecule has 110 valence electrons. The normalized spacial score (nSPS) is 20.1. The molecule has 1 unspecified atom stereocenters. The Morgan fingerprint density at radius 2 is 2.05 bits per heavy atom. The van der Waals surface area contributed by atoms with Crippen molar-refractivity contribution >= 4 is 15.9 Å². The minimum atomic E-state index is -3.51. The number of rotatable bonds is 3. The zero-order chi connectivity index (χ0) is 14.9. The molecule has 1 aliphatic heterocycles. The summed E-state index contributed by atoms with van der Waals surface area (Å²) < 4.78 is 26.7. The zero-order valence-electron chi connectivity index (χ0n) is 12.0. The van der Waals surface area contributed by atoms with E-state index in [1.807, 2.05) is 19.1 Å². The Morgan fingerprint density at radius 3 is 2.70 bits per heavy atom. The maximum atomic E-state index is 12.7. The second kappa shape index (κ2) is 5.54. The van der Waals surface area contributed by atoms with Crippen molar-refractivity contribution in [2.24, 2.45) is 5.92 Å². The first kappa shape index (κ1) is 15.0. The fourth-order valence-electron chi connectivity index (χ4n) is 2.49. The summed E-state index contributed by atoms with van der Waals surface area (Å²) in [5.41, 5.74) is 1.65. The lowest BCUT2D eigenvalue weighted by Crippen LogP contribution is -2.33. The van der Waals surface area contributed by atoms with Gasteiger partial charge in [-0.05, 0) is 37.5 Å². The van der Waals surface area contributed by atoms with Crippen molar-refractivity contribution < 1.29 is 13.2 Å². The van der Waals surface area contributed by atoms with Gasteiger partial charge in [0.2, 0.25) is 15.9 Å². The molecule has 0 saturated carbocycles. The third-order valence-electron chi connectivity index (χ3n) is 3.73. The summed E-state index contributed by atoms with van der Waals surface area (Å²) >= 11 is 0. The molecule has 5 nitrogen and oxygen atoms in total. The smallest absolute Gasteiger partial charge is 0.243 e. The van der Waals surface area contributed by atoms with Crippen LogP contribution in [0.3, 0.4) is 0 Å². The number of carbonyl (C=O) groups excluding carboxylic acids is 1. The average Bonchev–Trinajstić information content (AvgIpc) is 2.91. The standard InChI is InChI=1S/C14H20N2O3S/c1-10-4-5-11(2)13(8-10)20(18,19)16-7-6-12(9-16)14(17)15-3/h4-5,8,12H,6-7,9H2,1-3H3,(H,15,17). The minimum absolute atomic E-state index is 0.0938. The topological polar surface area (TPSA) is 66.5 Å². The van der Waals surface area contributed by atoms with Gasteiger partial charge in [0.1, 0.15) is 0 Å². The summed E-state index contributed by atoms with van der Waals surface area (Å²) in [5.74, 6) is -0.344. The minimum Gasteiger partial charge on any atom is -0.359 e. The second-order valence-corrected chi connectivity index (χ2v) is 7.14. The fourth-order valence-corrected chi connectivity index (χ4v) is 4.30. The van der Waals surface area contributed by atoms with Crippen molar-refractivity contribution in [3.05, 3.63) is 29.3 Å². The van der Waals surface area contributed by atoms with Crippen LogP contribution in [0.25, 0.3) is 0 Å². The first-order valence-electron chi connectivity index (χ1n) is 6.65. The van der Waals surface area contributed by atoms with Gasteiger partial charge in [0.05, 0.1) is 10.8 Å². The van der Waals surface area contributed by atoms with Gasteiger partial charge in [0, 0.05) is 20.1 Å². The maximum Gasteiger partial charge on any atom is 0.243 e. The number of benzene rings is 1. The predicted molar refractivity (Wildman–Crippen MR) is 76.8 cm³/mol. The van der Waals surface area contributed by atoms with Gasteiger partial charge in [0.25, 0.3) is 0 Å².